The van der Waals surface area contributed by atoms with Crippen LogP contribution in [0.15, 0.2) is 53.3 Å². The van der Waals surface area contributed by atoms with Crippen LogP contribution in [0, 0.1) is 5.92 Å². The van der Waals surface area contributed by atoms with E-state index in [1.807, 2.05) is 45.9 Å². The lowest BCUT2D eigenvalue weighted by Gasteiger charge is -2.43. The van der Waals surface area contributed by atoms with Crippen molar-refractivity contribution in [3.05, 3.63) is 70.1 Å². The number of benzene rings is 1. The summed E-state index contributed by atoms with van der Waals surface area (Å²) >= 11 is 0. The van der Waals surface area contributed by atoms with Crippen molar-refractivity contribution in [2.75, 3.05) is 19.6 Å². The summed E-state index contributed by atoms with van der Waals surface area (Å²) in [6.45, 7) is 2.64. The number of hydrogen-bond acceptors (Lipinski definition) is 4. The van der Waals surface area contributed by atoms with Crippen molar-refractivity contribution in [2.45, 2.75) is 44.4 Å². The van der Waals surface area contributed by atoms with Gasteiger partial charge in [0, 0.05) is 43.9 Å². The Hall–Kier alpha value is -3.09. The highest BCUT2D eigenvalue weighted by Crippen LogP contribution is 2.36. The molecule has 3 aliphatic heterocycles. The van der Waals surface area contributed by atoms with Crippen molar-refractivity contribution in [3.8, 4) is 0 Å². The quantitative estimate of drug-likeness (QED) is 0.764. The fraction of sp³-hybridized carbons (Fsp3) is 0.458. The van der Waals surface area contributed by atoms with E-state index in [1.54, 1.807) is 17.0 Å². The summed E-state index contributed by atoms with van der Waals surface area (Å²) in [7, 11) is 0. The average molecular weight is 421 g/mol. The number of pyridine rings is 1. The molecular weight excluding hydrogens is 394 g/mol. The van der Waals surface area contributed by atoms with E-state index in [-0.39, 0.29) is 29.9 Å². The molecule has 5 rings (SSSR count). The van der Waals surface area contributed by atoms with Crippen LogP contribution in [0.2, 0.25) is 0 Å². The van der Waals surface area contributed by atoms with Gasteiger partial charge in [0.05, 0.1) is 0 Å². The van der Waals surface area contributed by atoms with E-state index in [9.17, 15) is 14.4 Å². The largest absolute Gasteiger partial charge is 0.445 e. The lowest BCUT2D eigenvalue weighted by atomic mass is 9.83. The number of carbonyl (C=O) groups excluding carboxylic acids is 2. The Kier molecular flexibility index (Phi) is 5.26. The summed E-state index contributed by atoms with van der Waals surface area (Å²) in [4.78, 5) is 41.8. The van der Waals surface area contributed by atoms with Gasteiger partial charge in [0.1, 0.15) is 12.6 Å². The number of nitrogens with zero attached hydrogens (tertiary/aromatic N) is 3. The molecule has 1 aromatic heterocycles. The molecule has 2 amide bonds. The maximum absolute atomic E-state index is 13.4. The van der Waals surface area contributed by atoms with E-state index >= 15 is 0 Å². The highest BCUT2D eigenvalue weighted by Gasteiger charge is 2.42. The monoisotopic (exact) mass is 421 g/mol. The molecule has 3 aliphatic rings. The summed E-state index contributed by atoms with van der Waals surface area (Å²) in [5.41, 5.74) is 1.98. The number of piperidine rings is 1. The number of ether oxygens (including phenoxy) is 1. The van der Waals surface area contributed by atoms with Crippen molar-refractivity contribution in [2.24, 2.45) is 5.92 Å². The Labute approximate surface area is 181 Å². The molecule has 7 heteroatoms. The van der Waals surface area contributed by atoms with Gasteiger partial charge in [-0.3, -0.25) is 14.5 Å². The molecular formula is C24H27N3O4. The zero-order valence-corrected chi connectivity index (χ0v) is 17.5. The van der Waals surface area contributed by atoms with Crippen LogP contribution in [-0.4, -0.2) is 52.0 Å². The molecule has 31 heavy (non-hydrogen) atoms. The predicted molar refractivity (Wildman–Crippen MR) is 114 cm³/mol. The first-order valence-corrected chi connectivity index (χ1v) is 11.1. The molecule has 1 aromatic carbocycles. The van der Waals surface area contributed by atoms with Gasteiger partial charge in [-0.1, -0.05) is 36.4 Å². The fourth-order valence-corrected chi connectivity index (χ4v) is 5.33. The minimum Gasteiger partial charge on any atom is -0.445 e. The zero-order valence-electron chi connectivity index (χ0n) is 17.5. The van der Waals surface area contributed by atoms with E-state index < -0.39 is 12.1 Å². The molecule has 2 fully saturated rings. The first-order valence-electron chi connectivity index (χ1n) is 11.1. The van der Waals surface area contributed by atoms with Crippen LogP contribution in [-0.2, 0) is 22.7 Å². The van der Waals surface area contributed by atoms with Crippen molar-refractivity contribution in [1.29, 1.82) is 0 Å². The Morgan fingerprint density at radius 3 is 2.68 bits per heavy atom. The smallest absolute Gasteiger partial charge is 0.410 e. The van der Waals surface area contributed by atoms with Crippen LogP contribution in [0.1, 0.15) is 36.4 Å². The fourth-order valence-electron chi connectivity index (χ4n) is 5.33. The molecule has 0 spiro atoms. The standard InChI is InChI=1S/C24H27N3O4/c28-22-10-4-8-20-19-12-18(14-27(20)22)13-25(15-19)23(29)21-9-5-11-26(21)24(30)31-16-17-6-2-1-3-7-17/h1-4,6-8,10,18-19,21H,5,9,11-16H2/t18-,19+,21?/m0/s1. The van der Waals surface area contributed by atoms with Crippen molar-refractivity contribution in [3.63, 3.8) is 0 Å². The van der Waals surface area contributed by atoms with E-state index in [2.05, 4.69) is 0 Å². The van der Waals surface area contributed by atoms with Gasteiger partial charge in [0.15, 0.2) is 0 Å². The maximum Gasteiger partial charge on any atom is 0.410 e. The number of carbonyl (C=O) groups is 2. The third-order valence-corrected chi connectivity index (χ3v) is 6.77. The maximum atomic E-state index is 13.4. The van der Waals surface area contributed by atoms with Crippen molar-refractivity contribution < 1.29 is 14.3 Å². The van der Waals surface area contributed by atoms with Crippen LogP contribution in [0.25, 0.3) is 0 Å². The second-order valence-corrected chi connectivity index (χ2v) is 8.83. The molecule has 0 saturated carbocycles. The van der Waals surface area contributed by atoms with Gasteiger partial charge in [0.25, 0.3) is 5.56 Å². The third-order valence-electron chi connectivity index (χ3n) is 6.77. The van der Waals surface area contributed by atoms with Crippen LogP contribution < -0.4 is 5.56 Å². The van der Waals surface area contributed by atoms with Gasteiger partial charge in [0.2, 0.25) is 5.91 Å². The first-order chi connectivity index (χ1) is 15.1. The molecule has 2 saturated heterocycles. The Morgan fingerprint density at radius 1 is 1.00 bits per heavy atom. The second-order valence-electron chi connectivity index (χ2n) is 8.83. The normalized spacial score (nSPS) is 24.6. The molecule has 2 bridgehead atoms. The van der Waals surface area contributed by atoms with Crippen LogP contribution >= 0.6 is 0 Å². The molecule has 0 aliphatic carbocycles. The topological polar surface area (TPSA) is 71.8 Å². The predicted octanol–water partition coefficient (Wildman–Crippen LogP) is 2.60. The molecule has 0 N–H and O–H groups in total. The highest BCUT2D eigenvalue weighted by molar-refractivity contribution is 5.86. The van der Waals surface area contributed by atoms with E-state index in [0.29, 0.717) is 32.6 Å². The number of aromatic nitrogens is 1. The number of fused-ring (bicyclic) bond motifs is 4. The average Bonchev–Trinajstić information content (AvgIpc) is 3.28. The summed E-state index contributed by atoms with van der Waals surface area (Å²) in [5, 5.41) is 0. The summed E-state index contributed by atoms with van der Waals surface area (Å²) < 4.78 is 7.36. The minimum absolute atomic E-state index is 0.00980. The summed E-state index contributed by atoms with van der Waals surface area (Å²) in [5.74, 6) is 0.455. The van der Waals surface area contributed by atoms with Gasteiger partial charge < -0.3 is 14.2 Å². The summed E-state index contributed by atoms with van der Waals surface area (Å²) in [6.07, 6.45) is 2.05. The van der Waals surface area contributed by atoms with Crippen molar-refractivity contribution >= 4 is 12.0 Å². The molecule has 3 atom stereocenters. The van der Waals surface area contributed by atoms with Crippen molar-refractivity contribution in [1.82, 2.24) is 14.4 Å². The number of hydrogen-bond donors (Lipinski definition) is 0. The van der Waals surface area contributed by atoms with Crippen LogP contribution in [0.3, 0.4) is 0 Å². The minimum atomic E-state index is -0.458. The van der Waals surface area contributed by atoms with Gasteiger partial charge in [-0.25, -0.2) is 4.79 Å². The second kappa shape index (κ2) is 8.21. The Morgan fingerprint density at radius 2 is 1.84 bits per heavy atom. The Balaban J connectivity index is 1.26. The molecule has 0 radical (unpaired) electrons. The third kappa shape index (κ3) is 3.84. The molecule has 1 unspecified atom stereocenters. The van der Waals surface area contributed by atoms with Gasteiger partial charge in [-0.05, 0) is 36.8 Å². The molecule has 2 aromatic rings. The lowest BCUT2D eigenvalue weighted by Crippen LogP contribution is -2.54. The van der Waals surface area contributed by atoms with E-state index in [4.69, 9.17) is 4.74 Å². The Bertz CT molecular complexity index is 1030. The number of amides is 2. The lowest BCUT2D eigenvalue weighted by molar-refractivity contribution is -0.138. The molecule has 162 valence electrons. The molecule has 7 nitrogen and oxygen atoms in total. The summed E-state index contributed by atoms with van der Waals surface area (Å²) in [6, 6.07) is 14.5. The highest BCUT2D eigenvalue weighted by atomic mass is 16.6. The van der Waals surface area contributed by atoms with E-state index in [1.165, 1.54) is 0 Å². The van der Waals surface area contributed by atoms with Gasteiger partial charge >= 0.3 is 6.09 Å². The number of likely N-dealkylation sites (tertiary alicyclic amines) is 2. The van der Waals surface area contributed by atoms with Crippen LogP contribution in [0.4, 0.5) is 4.79 Å². The first kappa shape index (κ1) is 19.8. The number of rotatable bonds is 3. The van der Waals surface area contributed by atoms with E-state index in [0.717, 1.165) is 24.1 Å². The molecule has 4 heterocycles. The van der Waals surface area contributed by atoms with Crippen LogP contribution in [0.5, 0.6) is 0 Å². The zero-order chi connectivity index (χ0) is 21.4. The van der Waals surface area contributed by atoms with Gasteiger partial charge in [-0.2, -0.15) is 0 Å². The van der Waals surface area contributed by atoms with Gasteiger partial charge in [-0.15, -0.1) is 0 Å². The SMILES string of the molecule is O=C(C1CCCN1C(=O)OCc1ccccc1)N1C[C@@H]2C[C@H](C1)c1cccc(=O)n1C2.